The van der Waals surface area contributed by atoms with Crippen molar-refractivity contribution in [3.63, 3.8) is 0 Å². The van der Waals surface area contributed by atoms with Gasteiger partial charge in [-0.15, -0.1) is 0 Å². The van der Waals surface area contributed by atoms with Gasteiger partial charge in [0.05, 0.1) is 11.0 Å². The largest absolute Gasteiger partial charge is 0.392 e. The van der Waals surface area contributed by atoms with Crippen LogP contribution in [0.4, 0.5) is 0 Å². The first-order valence-electron chi connectivity index (χ1n) is 5.10. The van der Waals surface area contributed by atoms with Gasteiger partial charge in [-0.3, -0.25) is 9.69 Å². The van der Waals surface area contributed by atoms with Crippen LogP contribution in [-0.2, 0) is 4.79 Å². The normalized spacial score (nSPS) is 12.9. The summed E-state index contributed by atoms with van der Waals surface area (Å²) in [5.41, 5.74) is 5.41. The van der Waals surface area contributed by atoms with Crippen molar-refractivity contribution < 1.29 is 4.79 Å². The van der Waals surface area contributed by atoms with Crippen LogP contribution in [0, 0.1) is 5.92 Å². The second-order valence-electron chi connectivity index (χ2n) is 4.20. The standard InChI is InChI=1S/C10H21N3OS/c1-7(2)5-12-10(14)8(3)13(4)6-9(11)15/h7-8H,5-6H2,1-4H3,(H2,11,15)(H,12,14). The molecular weight excluding hydrogens is 210 g/mol. The lowest BCUT2D eigenvalue weighted by atomic mass is 10.2. The zero-order chi connectivity index (χ0) is 12.0. The highest BCUT2D eigenvalue weighted by molar-refractivity contribution is 7.80. The summed E-state index contributed by atoms with van der Waals surface area (Å²) < 4.78 is 0. The number of nitrogens with two attached hydrogens (primary N) is 1. The lowest BCUT2D eigenvalue weighted by molar-refractivity contribution is -0.125. The molecule has 88 valence electrons. The van der Waals surface area contributed by atoms with E-state index in [1.807, 2.05) is 18.9 Å². The van der Waals surface area contributed by atoms with E-state index in [1.54, 1.807) is 0 Å². The maximum Gasteiger partial charge on any atom is 0.237 e. The first-order valence-corrected chi connectivity index (χ1v) is 5.51. The Balaban J connectivity index is 4.01. The molecule has 0 rings (SSSR count). The minimum Gasteiger partial charge on any atom is -0.392 e. The fourth-order valence-corrected chi connectivity index (χ4v) is 1.24. The molecule has 1 amide bonds. The van der Waals surface area contributed by atoms with Gasteiger partial charge in [0.2, 0.25) is 5.91 Å². The Morgan fingerprint density at radius 1 is 1.47 bits per heavy atom. The molecule has 0 spiro atoms. The number of carbonyl (C=O) groups excluding carboxylic acids is 1. The summed E-state index contributed by atoms with van der Waals surface area (Å²) in [6.07, 6.45) is 0. The lowest BCUT2D eigenvalue weighted by Crippen LogP contribution is -2.46. The number of nitrogens with zero attached hydrogens (tertiary/aromatic N) is 1. The third-order valence-corrected chi connectivity index (χ3v) is 2.26. The molecule has 4 nitrogen and oxygen atoms in total. The molecule has 0 aromatic rings. The number of hydrogen-bond acceptors (Lipinski definition) is 3. The van der Waals surface area contributed by atoms with Crippen LogP contribution in [0.25, 0.3) is 0 Å². The van der Waals surface area contributed by atoms with E-state index in [1.165, 1.54) is 0 Å². The van der Waals surface area contributed by atoms with Crippen LogP contribution in [0.3, 0.4) is 0 Å². The minimum atomic E-state index is -0.203. The zero-order valence-corrected chi connectivity index (χ0v) is 10.7. The number of hydrogen-bond donors (Lipinski definition) is 2. The summed E-state index contributed by atoms with van der Waals surface area (Å²) in [4.78, 5) is 13.9. The molecule has 0 aromatic heterocycles. The number of carbonyl (C=O) groups is 1. The van der Waals surface area contributed by atoms with Crippen LogP contribution in [0.1, 0.15) is 20.8 Å². The van der Waals surface area contributed by atoms with Gasteiger partial charge in [0.1, 0.15) is 0 Å². The third kappa shape index (κ3) is 6.41. The molecule has 0 radical (unpaired) electrons. The van der Waals surface area contributed by atoms with E-state index < -0.39 is 0 Å². The van der Waals surface area contributed by atoms with E-state index in [-0.39, 0.29) is 11.9 Å². The Kier molecular flexibility index (Phi) is 6.43. The Bertz CT molecular complexity index is 231. The highest BCUT2D eigenvalue weighted by Gasteiger charge is 2.17. The van der Waals surface area contributed by atoms with Crippen molar-refractivity contribution in [2.45, 2.75) is 26.8 Å². The summed E-state index contributed by atoms with van der Waals surface area (Å²) in [6, 6.07) is -0.203. The van der Waals surface area contributed by atoms with Crippen molar-refractivity contribution in [1.82, 2.24) is 10.2 Å². The van der Waals surface area contributed by atoms with Gasteiger partial charge in [-0.25, -0.2) is 0 Å². The molecule has 0 saturated heterocycles. The number of likely N-dealkylation sites (N-methyl/N-ethyl adjacent to an activating group) is 1. The second kappa shape index (κ2) is 6.74. The number of nitrogens with one attached hydrogen (secondary N) is 1. The lowest BCUT2D eigenvalue weighted by Gasteiger charge is -2.23. The summed E-state index contributed by atoms with van der Waals surface area (Å²) in [5, 5.41) is 2.87. The topological polar surface area (TPSA) is 58.4 Å². The van der Waals surface area contributed by atoms with Crippen molar-refractivity contribution in [1.29, 1.82) is 0 Å². The Morgan fingerprint density at radius 3 is 2.40 bits per heavy atom. The van der Waals surface area contributed by atoms with Crippen LogP contribution < -0.4 is 11.1 Å². The quantitative estimate of drug-likeness (QED) is 0.648. The predicted molar refractivity (Wildman–Crippen MR) is 66.7 cm³/mol. The van der Waals surface area contributed by atoms with E-state index in [4.69, 9.17) is 18.0 Å². The van der Waals surface area contributed by atoms with E-state index in [0.29, 0.717) is 24.0 Å². The molecule has 0 aliphatic carbocycles. The SMILES string of the molecule is CC(C)CNC(=O)C(C)N(C)CC(N)=S. The highest BCUT2D eigenvalue weighted by Crippen LogP contribution is 1.96. The van der Waals surface area contributed by atoms with Gasteiger partial charge in [-0.2, -0.15) is 0 Å². The fraction of sp³-hybridized carbons (Fsp3) is 0.800. The van der Waals surface area contributed by atoms with Crippen LogP contribution in [0.2, 0.25) is 0 Å². The highest BCUT2D eigenvalue weighted by atomic mass is 32.1. The van der Waals surface area contributed by atoms with Crippen molar-refractivity contribution in [3.8, 4) is 0 Å². The first kappa shape index (κ1) is 14.3. The molecule has 1 atom stereocenters. The van der Waals surface area contributed by atoms with Gasteiger partial charge >= 0.3 is 0 Å². The molecule has 0 aliphatic rings. The predicted octanol–water partition coefficient (Wildman–Crippen LogP) is 0.365. The van der Waals surface area contributed by atoms with Gasteiger partial charge in [-0.1, -0.05) is 26.1 Å². The van der Waals surface area contributed by atoms with Crippen molar-refractivity contribution >= 4 is 23.1 Å². The van der Waals surface area contributed by atoms with Crippen molar-refractivity contribution in [2.75, 3.05) is 20.1 Å². The van der Waals surface area contributed by atoms with Gasteiger partial charge in [0, 0.05) is 13.1 Å². The summed E-state index contributed by atoms with van der Waals surface area (Å²) in [6.45, 7) is 7.12. The molecule has 15 heavy (non-hydrogen) atoms. The Morgan fingerprint density at radius 2 is 2.00 bits per heavy atom. The van der Waals surface area contributed by atoms with Crippen molar-refractivity contribution in [3.05, 3.63) is 0 Å². The van der Waals surface area contributed by atoms with Crippen LogP contribution >= 0.6 is 12.2 Å². The number of amides is 1. The zero-order valence-electron chi connectivity index (χ0n) is 9.91. The van der Waals surface area contributed by atoms with E-state index in [9.17, 15) is 4.79 Å². The van der Waals surface area contributed by atoms with Crippen LogP contribution in [-0.4, -0.2) is 42.0 Å². The average molecular weight is 231 g/mol. The molecule has 0 heterocycles. The van der Waals surface area contributed by atoms with Gasteiger partial charge in [0.15, 0.2) is 0 Å². The molecule has 0 aliphatic heterocycles. The number of thiocarbonyl (C=S) groups is 1. The molecule has 3 N–H and O–H groups in total. The molecule has 1 unspecified atom stereocenters. The molecule has 0 aromatic carbocycles. The second-order valence-corrected chi connectivity index (χ2v) is 4.72. The Labute approximate surface area is 97.2 Å². The summed E-state index contributed by atoms with van der Waals surface area (Å²) >= 11 is 4.79. The number of rotatable bonds is 6. The first-order chi connectivity index (χ1) is 6.84. The van der Waals surface area contributed by atoms with Crippen LogP contribution in [0.5, 0.6) is 0 Å². The molecule has 0 bridgehead atoms. The maximum atomic E-state index is 11.6. The Hall–Kier alpha value is -0.680. The minimum absolute atomic E-state index is 0.0162. The molecular formula is C10H21N3OS. The molecule has 5 heteroatoms. The monoisotopic (exact) mass is 231 g/mol. The third-order valence-electron chi connectivity index (χ3n) is 2.13. The maximum absolute atomic E-state index is 11.6. The van der Waals surface area contributed by atoms with Crippen molar-refractivity contribution in [2.24, 2.45) is 11.7 Å². The molecule has 0 saturated carbocycles. The van der Waals surface area contributed by atoms with E-state index >= 15 is 0 Å². The van der Waals surface area contributed by atoms with E-state index in [0.717, 1.165) is 0 Å². The summed E-state index contributed by atoms with van der Waals surface area (Å²) in [5.74, 6) is 0.476. The smallest absolute Gasteiger partial charge is 0.237 e. The van der Waals surface area contributed by atoms with Gasteiger partial charge in [-0.05, 0) is 19.9 Å². The van der Waals surface area contributed by atoms with Crippen LogP contribution in [0.15, 0.2) is 0 Å². The van der Waals surface area contributed by atoms with Gasteiger partial charge in [0.25, 0.3) is 0 Å². The fourth-order valence-electron chi connectivity index (χ4n) is 1.04. The summed E-state index contributed by atoms with van der Waals surface area (Å²) in [7, 11) is 1.83. The van der Waals surface area contributed by atoms with E-state index in [2.05, 4.69) is 19.2 Å². The average Bonchev–Trinajstić information content (AvgIpc) is 2.11. The molecule has 0 fully saturated rings. The van der Waals surface area contributed by atoms with Gasteiger partial charge < -0.3 is 11.1 Å².